The fourth-order valence-electron chi connectivity index (χ4n) is 2.18. The molecular weight excluding hydrogens is 300 g/mol. The molecule has 20 heavy (non-hydrogen) atoms. The van der Waals surface area contributed by atoms with Crippen LogP contribution in [0.5, 0.6) is 0 Å². The summed E-state index contributed by atoms with van der Waals surface area (Å²) in [6.45, 7) is 3.05. The Labute approximate surface area is 124 Å². The molecule has 1 aliphatic rings. The standard InChI is InChI=1S/C13H19ClN2O3S/c1-13(5-2-6-19-13)9-16-20(17,18)11-3-4-12(14)10(7-11)8-15/h3-4,7,16H,2,5-6,8-9,15H2,1H3. The Bertz CT molecular complexity index is 583. The van der Waals surface area contributed by atoms with Crippen LogP contribution < -0.4 is 10.5 Å². The van der Waals surface area contributed by atoms with Crippen LogP contribution in [0.25, 0.3) is 0 Å². The van der Waals surface area contributed by atoms with Gasteiger partial charge in [0.2, 0.25) is 10.0 Å². The van der Waals surface area contributed by atoms with Crippen molar-refractivity contribution >= 4 is 21.6 Å². The predicted molar refractivity (Wildman–Crippen MR) is 78.1 cm³/mol. The maximum atomic E-state index is 12.3. The predicted octanol–water partition coefficient (Wildman–Crippen LogP) is 1.65. The third-order valence-electron chi connectivity index (χ3n) is 3.48. The number of hydrogen-bond donors (Lipinski definition) is 2. The van der Waals surface area contributed by atoms with Crippen LogP contribution in [0.1, 0.15) is 25.3 Å². The highest BCUT2D eigenvalue weighted by Crippen LogP contribution is 2.25. The van der Waals surface area contributed by atoms with Crippen molar-refractivity contribution in [2.24, 2.45) is 5.73 Å². The molecule has 1 aliphatic heterocycles. The van der Waals surface area contributed by atoms with Crippen LogP contribution in [0.15, 0.2) is 23.1 Å². The molecule has 1 aromatic carbocycles. The van der Waals surface area contributed by atoms with Gasteiger partial charge in [0.05, 0.1) is 10.5 Å². The maximum Gasteiger partial charge on any atom is 0.240 e. The molecule has 1 fully saturated rings. The summed E-state index contributed by atoms with van der Waals surface area (Å²) in [4.78, 5) is 0.170. The average Bonchev–Trinajstić information content (AvgIpc) is 2.85. The van der Waals surface area contributed by atoms with Crippen LogP contribution in [0.3, 0.4) is 0 Å². The van der Waals surface area contributed by atoms with Crippen molar-refractivity contribution in [3.05, 3.63) is 28.8 Å². The normalized spacial score (nSPS) is 23.1. The summed E-state index contributed by atoms with van der Waals surface area (Å²) in [5.41, 5.74) is 5.73. The van der Waals surface area contributed by atoms with Gasteiger partial charge in [-0.1, -0.05) is 11.6 Å². The molecule has 0 radical (unpaired) electrons. The van der Waals surface area contributed by atoms with E-state index in [0.717, 1.165) is 12.8 Å². The van der Waals surface area contributed by atoms with Gasteiger partial charge in [0.15, 0.2) is 0 Å². The van der Waals surface area contributed by atoms with Crippen LogP contribution in [0.2, 0.25) is 5.02 Å². The number of rotatable bonds is 5. The van der Waals surface area contributed by atoms with Crippen LogP contribution in [0, 0.1) is 0 Å². The molecule has 7 heteroatoms. The second-order valence-electron chi connectivity index (χ2n) is 5.18. The number of benzene rings is 1. The maximum absolute atomic E-state index is 12.3. The topological polar surface area (TPSA) is 81.4 Å². The van der Waals surface area contributed by atoms with Crippen molar-refractivity contribution in [2.75, 3.05) is 13.2 Å². The third kappa shape index (κ3) is 3.51. The molecule has 1 aromatic rings. The van der Waals surface area contributed by atoms with E-state index in [1.807, 2.05) is 6.92 Å². The molecule has 1 saturated heterocycles. The summed E-state index contributed by atoms with van der Waals surface area (Å²) in [5, 5.41) is 0.470. The van der Waals surface area contributed by atoms with E-state index in [9.17, 15) is 8.42 Å². The quantitative estimate of drug-likeness (QED) is 0.865. The Kier molecular flexibility index (Phi) is 4.71. The van der Waals surface area contributed by atoms with Gasteiger partial charge in [-0.15, -0.1) is 0 Å². The molecule has 0 saturated carbocycles. The fourth-order valence-corrected chi connectivity index (χ4v) is 3.58. The van der Waals surface area contributed by atoms with E-state index in [1.54, 1.807) is 6.07 Å². The molecule has 1 atom stereocenters. The lowest BCUT2D eigenvalue weighted by Gasteiger charge is -2.23. The van der Waals surface area contributed by atoms with Crippen molar-refractivity contribution in [1.29, 1.82) is 0 Å². The number of nitrogens with two attached hydrogens (primary N) is 1. The SMILES string of the molecule is CC1(CNS(=O)(=O)c2ccc(Cl)c(CN)c2)CCCO1. The number of halogens is 1. The second-order valence-corrected chi connectivity index (χ2v) is 7.36. The van der Waals surface area contributed by atoms with Gasteiger partial charge in [-0.25, -0.2) is 13.1 Å². The zero-order valence-electron chi connectivity index (χ0n) is 11.4. The van der Waals surface area contributed by atoms with Gasteiger partial charge < -0.3 is 10.5 Å². The molecule has 1 unspecified atom stereocenters. The van der Waals surface area contributed by atoms with E-state index in [1.165, 1.54) is 12.1 Å². The summed E-state index contributed by atoms with van der Waals surface area (Å²) in [6, 6.07) is 4.52. The largest absolute Gasteiger partial charge is 0.374 e. The molecule has 0 amide bonds. The molecule has 5 nitrogen and oxygen atoms in total. The fraction of sp³-hybridized carbons (Fsp3) is 0.538. The minimum Gasteiger partial charge on any atom is -0.374 e. The highest BCUT2D eigenvalue weighted by molar-refractivity contribution is 7.89. The van der Waals surface area contributed by atoms with E-state index in [0.29, 0.717) is 17.2 Å². The van der Waals surface area contributed by atoms with Crippen LogP contribution in [-0.4, -0.2) is 27.2 Å². The highest BCUT2D eigenvalue weighted by Gasteiger charge is 2.31. The zero-order chi connectivity index (χ0) is 14.8. The summed E-state index contributed by atoms with van der Waals surface area (Å²) in [5.74, 6) is 0. The molecule has 0 aliphatic carbocycles. The first kappa shape index (κ1) is 15.7. The summed E-state index contributed by atoms with van der Waals surface area (Å²) in [7, 11) is -3.58. The Morgan fingerprint density at radius 2 is 2.25 bits per heavy atom. The first-order valence-corrected chi connectivity index (χ1v) is 8.34. The van der Waals surface area contributed by atoms with Crippen LogP contribution in [-0.2, 0) is 21.3 Å². The summed E-state index contributed by atoms with van der Waals surface area (Å²) < 4.78 is 32.7. The van der Waals surface area contributed by atoms with Crippen LogP contribution >= 0.6 is 11.6 Å². The first-order chi connectivity index (χ1) is 9.36. The van der Waals surface area contributed by atoms with E-state index >= 15 is 0 Å². The zero-order valence-corrected chi connectivity index (χ0v) is 12.9. The average molecular weight is 319 g/mol. The molecule has 0 aromatic heterocycles. The molecule has 0 spiro atoms. The third-order valence-corrected chi connectivity index (χ3v) is 5.25. The van der Waals surface area contributed by atoms with Gasteiger partial charge in [-0.3, -0.25) is 0 Å². The molecular formula is C13H19ClN2O3S. The van der Waals surface area contributed by atoms with Crippen molar-refractivity contribution < 1.29 is 13.2 Å². The summed E-state index contributed by atoms with van der Waals surface area (Å²) in [6.07, 6.45) is 1.81. The van der Waals surface area contributed by atoms with Gasteiger partial charge in [0.1, 0.15) is 0 Å². The van der Waals surface area contributed by atoms with E-state index < -0.39 is 15.6 Å². The van der Waals surface area contributed by atoms with Crippen LogP contribution in [0.4, 0.5) is 0 Å². The molecule has 2 rings (SSSR count). The lowest BCUT2D eigenvalue weighted by molar-refractivity contribution is 0.0250. The lowest BCUT2D eigenvalue weighted by atomic mass is 10.0. The Balaban J connectivity index is 2.14. The molecule has 3 N–H and O–H groups in total. The molecule has 0 bridgehead atoms. The smallest absolute Gasteiger partial charge is 0.240 e. The molecule has 1 heterocycles. The Morgan fingerprint density at radius 1 is 1.50 bits per heavy atom. The van der Waals surface area contributed by atoms with E-state index in [2.05, 4.69) is 4.72 Å². The number of ether oxygens (including phenoxy) is 1. The summed E-state index contributed by atoms with van der Waals surface area (Å²) >= 11 is 5.93. The molecule has 112 valence electrons. The van der Waals surface area contributed by atoms with Gasteiger partial charge in [0.25, 0.3) is 0 Å². The van der Waals surface area contributed by atoms with Crippen molar-refractivity contribution in [3.8, 4) is 0 Å². The number of hydrogen-bond acceptors (Lipinski definition) is 4. The number of sulfonamides is 1. The first-order valence-electron chi connectivity index (χ1n) is 6.48. The minimum absolute atomic E-state index is 0.170. The highest BCUT2D eigenvalue weighted by atomic mass is 35.5. The van der Waals surface area contributed by atoms with Gasteiger partial charge in [0, 0.05) is 24.7 Å². The van der Waals surface area contributed by atoms with Gasteiger partial charge in [-0.05, 0) is 43.5 Å². The Morgan fingerprint density at radius 3 is 2.85 bits per heavy atom. The van der Waals surface area contributed by atoms with E-state index in [4.69, 9.17) is 22.1 Å². The van der Waals surface area contributed by atoms with Crippen molar-refractivity contribution in [1.82, 2.24) is 4.72 Å². The monoisotopic (exact) mass is 318 g/mol. The second kappa shape index (κ2) is 5.99. The van der Waals surface area contributed by atoms with Crippen molar-refractivity contribution in [3.63, 3.8) is 0 Å². The van der Waals surface area contributed by atoms with E-state index in [-0.39, 0.29) is 18.0 Å². The van der Waals surface area contributed by atoms with Gasteiger partial charge >= 0.3 is 0 Å². The lowest BCUT2D eigenvalue weighted by Crippen LogP contribution is -2.40. The number of nitrogens with one attached hydrogen (secondary N) is 1. The van der Waals surface area contributed by atoms with Crippen molar-refractivity contribution in [2.45, 2.75) is 36.8 Å². The minimum atomic E-state index is -3.58. The van der Waals surface area contributed by atoms with Gasteiger partial charge in [-0.2, -0.15) is 0 Å². The Hall–Kier alpha value is -0.660.